The van der Waals surface area contributed by atoms with Crippen molar-refractivity contribution in [1.29, 1.82) is 0 Å². The molecule has 1 rings (SSSR count). The van der Waals surface area contributed by atoms with Crippen LogP contribution < -0.4 is 11.1 Å². The summed E-state index contributed by atoms with van der Waals surface area (Å²) in [7, 11) is 0. The van der Waals surface area contributed by atoms with Gasteiger partial charge in [-0.25, -0.2) is 0 Å². The van der Waals surface area contributed by atoms with E-state index in [0.717, 1.165) is 36.9 Å². The molecule has 1 amide bonds. The Bertz CT molecular complexity index is 479. The minimum Gasteiger partial charge on any atom is -0.480 e. The van der Waals surface area contributed by atoms with Gasteiger partial charge in [-0.2, -0.15) is 0 Å². The number of nitrogens with two attached hydrogens (primary N) is 1. The summed E-state index contributed by atoms with van der Waals surface area (Å²) in [6.45, 7) is 4.16. The molecule has 0 aliphatic rings. The molecule has 5 heteroatoms. The summed E-state index contributed by atoms with van der Waals surface area (Å²) in [6, 6.07) is 6.27. The van der Waals surface area contributed by atoms with E-state index in [1.807, 2.05) is 0 Å². The summed E-state index contributed by atoms with van der Waals surface area (Å²) in [5.41, 5.74) is 7.08. The van der Waals surface area contributed by atoms with Crippen LogP contribution >= 0.6 is 0 Å². The van der Waals surface area contributed by atoms with Gasteiger partial charge in [-0.3, -0.25) is 9.59 Å². The number of amides is 1. The zero-order chi connectivity index (χ0) is 16.5. The predicted molar refractivity (Wildman–Crippen MR) is 87.7 cm³/mol. The first-order chi connectivity index (χ1) is 10.5. The Kier molecular flexibility index (Phi) is 7.60. The van der Waals surface area contributed by atoms with Crippen LogP contribution in [0.2, 0.25) is 0 Å². The lowest BCUT2D eigenvalue weighted by atomic mass is 9.97. The van der Waals surface area contributed by atoms with Crippen LogP contribution in [0.1, 0.15) is 45.1 Å². The Hall–Kier alpha value is -1.88. The smallest absolute Gasteiger partial charge is 0.320 e. The number of carbonyl (C=O) groups excluding carboxylic acids is 1. The SMILES string of the molecule is CCCC(CCC)C(=O)Nc1ccc(CC(N)C(=O)O)cc1. The minimum absolute atomic E-state index is 0.0510. The summed E-state index contributed by atoms with van der Waals surface area (Å²) in [4.78, 5) is 23.0. The van der Waals surface area contributed by atoms with Gasteiger partial charge in [0.2, 0.25) is 5.91 Å². The van der Waals surface area contributed by atoms with Crippen molar-refractivity contribution < 1.29 is 14.7 Å². The van der Waals surface area contributed by atoms with Crippen molar-refractivity contribution in [2.45, 2.75) is 52.0 Å². The summed E-state index contributed by atoms with van der Waals surface area (Å²) in [6.07, 6.45) is 4.04. The average Bonchev–Trinajstić information content (AvgIpc) is 2.48. The van der Waals surface area contributed by atoms with Crippen molar-refractivity contribution in [3.8, 4) is 0 Å². The van der Waals surface area contributed by atoms with Gasteiger partial charge in [0.25, 0.3) is 0 Å². The third kappa shape index (κ3) is 5.85. The van der Waals surface area contributed by atoms with Gasteiger partial charge in [0.05, 0.1) is 0 Å². The van der Waals surface area contributed by atoms with Crippen LogP contribution in [0.3, 0.4) is 0 Å². The van der Waals surface area contributed by atoms with Gasteiger partial charge >= 0.3 is 5.97 Å². The average molecular weight is 306 g/mol. The first-order valence-corrected chi connectivity index (χ1v) is 7.86. The van der Waals surface area contributed by atoms with E-state index < -0.39 is 12.0 Å². The van der Waals surface area contributed by atoms with Gasteiger partial charge in [-0.15, -0.1) is 0 Å². The quantitative estimate of drug-likeness (QED) is 0.654. The summed E-state index contributed by atoms with van der Waals surface area (Å²) in [5, 5.41) is 11.7. The van der Waals surface area contributed by atoms with Crippen LogP contribution in [0, 0.1) is 5.92 Å². The predicted octanol–water partition coefficient (Wildman–Crippen LogP) is 2.80. The van der Waals surface area contributed by atoms with Gasteiger partial charge in [0.15, 0.2) is 0 Å². The van der Waals surface area contributed by atoms with Crippen LogP contribution in [0.4, 0.5) is 5.69 Å². The largest absolute Gasteiger partial charge is 0.480 e. The third-order valence-corrected chi connectivity index (χ3v) is 3.64. The van der Waals surface area contributed by atoms with Crippen molar-refractivity contribution in [3.05, 3.63) is 29.8 Å². The molecule has 0 radical (unpaired) electrons. The van der Waals surface area contributed by atoms with Crippen LogP contribution in [-0.4, -0.2) is 23.0 Å². The second-order valence-electron chi connectivity index (χ2n) is 5.61. The standard InChI is InChI=1S/C17H26N2O3/c1-3-5-13(6-4-2)16(20)19-14-9-7-12(8-10-14)11-15(18)17(21)22/h7-10,13,15H,3-6,11,18H2,1-2H3,(H,19,20)(H,21,22). The number of carbonyl (C=O) groups is 2. The third-order valence-electron chi connectivity index (χ3n) is 3.64. The van der Waals surface area contributed by atoms with Crippen molar-refractivity contribution in [2.24, 2.45) is 11.7 Å². The maximum absolute atomic E-state index is 12.2. The van der Waals surface area contributed by atoms with Gasteiger partial charge < -0.3 is 16.2 Å². The topological polar surface area (TPSA) is 92.4 Å². The molecule has 0 heterocycles. The van der Waals surface area contributed by atoms with Crippen molar-refractivity contribution >= 4 is 17.6 Å². The maximum Gasteiger partial charge on any atom is 0.320 e. The lowest BCUT2D eigenvalue weighted by Gasteiger charge is -2.15. The number of hydrogen-bond acceptors (Lipinski definition) is 3. The zero-order valence-electron chi connectivity index (χ0n) is 13.3. The molecule has 5 nitrogen and oxygen atoms in total. The second kappa shape index (κ2) is 9.20. The van der Waals surface area contributed by atoms with Gasteiger partial charge in [-0.05, 0) is 37.0 Å². The van der Waals surface area contributed by atoms with Crippen molar-refractivity contribution in [2.75, 3.05) is 5.32 Å². The Morgan fingerprint density at radius 2 is 1.68 bits per heavy atom. The second-order valence-corrected chi connectivity index (χ2v) is 5.61. The highest BCUT2D eigenvalue weighted by Crippen LogP contribution is 2.17. The van der Waals surface area contributed by atoms with E-state index >= 15 is 0 Å². The molecule has 0 bridgehead atoms. The zero-order valence-corrected chi connectivity index (χ0v) is 13.3. The number of rotatable bonds is 9. The molecule has 0 fully saturated rings. The maximum atomic E-state index is 12.2. The number of carboxylic acids is 1. The number of anilines is 1. The molecule has 0 aliphatic heterocycles. The summed E-state index contributed by atoms with van der Waals surface area (Å²) < 4.78 is 0. The fourth-order valence-corrected chi connectivity index (χ4v) is 2.41. The molecule has 0 aromatic heterocycles. The van der Waals surface area contributed by atoms with E-state index in [1.165, 1.54) is 0 Å². The molecule has 1 atom stereocenters. The number of nitrogens with one attached hydrogen (secondary N) is 1. The first kappa shape index (κ1) is 18.2. The van der Waals surface area contributed by atoms with Crippen molar-refractivity contribution in [1.82, 2.24) is 0 Å². The van der Waals surface area contributed by atoms with Crippen LogP contribution in [-0.2, 0) is 16.0 Å². The molecule has 22 heavy (non-hydrogen) atoms. The Balaban J connectivity index is 2.62. The molecular weight excluding hydrogens is 280 g/mol. The number of benzene rings is 1. The van der Waals surface area contributed by atoms with E-state index in [4.69, 9.17) is 10.8 Å². The van der Waals surface area contributed by atoms with E-state index in [1.54, 1.807) is 24.3 Å². The minimum atomic E-state index is -1.01. The van der Waals surface area contributed by atoms with Gasteiger partial charge in [0.1, 0.15) is 6.04 Å². The Morgan fingerprint density at radius 3 is 2.14 bits per heavy atom. The highest BCUT2D eigenvalue weighted by Gasteiger charge is 2.17. The summed E-state index contributed by atoms with van der Waals surface area (Å²) >= 11 is 0. The lowest BCUT2D eigenvalue weighted by Crippen LogP contribution is -2.32. The molecule has 0 saturated carbocycles. The van der Waals surface area contributed by atoms with E-state index in [2.05, 4.69) is 19.2 Å². The number of hydrogen-bond donors (Lipinski definition) is 3. The monoisotopic (exact) mass is 306 g/mol. The summed E-state index contributed by atoms with van der Waals surface area (Å²) in [5.74, 6) is -0.909. The highest BCUT2D eigenvalue weighted by atomic mass is 16.4. The lowest BCUT2D eigenvalue weighted by molar-refractivity contribution is -0.138. The Morgan fingerprint density at radius 1 is 1.14 bits per heavy atom. The van der Waals surface area contributed by atoms with E-state index in [9.17, 15) is 9.59 Å². The number of aliphatic carboxylic acids is 1. The fourth-order valence-electron chi connectivity index (χ4n) is 2.41. The van der Waals surface area contributed by atoms with Crippen molar-refractivity contribution in [3.63, 3.8) is 0 Å². The highest BCUT2D eigenvalue weighted by molar-refractivity contribution is 5.92. The molecule has 0 aliphatic carbocycles. The van der Waals surface area contributed by atoms with Crippen LogP contribution in [0.5, 0.6) is 0 Å². The van der Waals surface area contributed by atoms with Gasteiger partial charge in [-0.1, -0.05) is 38.8 Å². The van der Waals surface area contributed by atoms with Crippen LogP contribution in [0.25, 0.3) is 0 Å². The molecule has 1 aromatic carbocycles. The normalized spacial score (nSPS) is 12.2. The molecule has 0 spiro atoms. The molecule has 4 N–H and O–H groups in total. The fraction of sp³-hybridized carbons (Fsp3) is 0.529. The van der Waals surface area contributed by atoms with Gasteiger partial charge in [0, 0.05) is 11.6 Å². The van der Waals surface area contributed by atoms with Crippen LogP contribution in [0.15, 0.2) is 24.3 Å². The number of carboxylic acid groups (broad SMARTS) is 1. The first-order valence-electron chi connectivity index (χ1n) is 7.86. The van der Waals surface area contributed by atoms with E-state index in [0.29, 0.717) is 0 Å². The molecule has 1 unspecified atom stereocenters. The molecular formula is C17H26N2O3. The van der Waals surface area contributed by atoms with E-state index in [-0.39, 0.29) is 18.2 Å². The molecule has 0 saturated heterocycles. The Labute approximate surface area is 131 Å². The molecule has 122 valence electrons. The molecule has 1 aromatic rings.